The molecule has 2 atom stereocenters. The molecule has 2 saturated heterocycles. The van der Waals surface area contributed by atoms with Crippen LogP contribution in [0, 0.1) is 22.7 Å². The maximum atomic E-state index is 14.4. The average molecular weight is 562 g/mol. The first-order valence-electron chi connectivity index (χ1n) is 14.6. The summed E-state index contributed by atoms with van der Waals surface area (Å²) >= 11 is 0. The zero-order chi connectivity index (χ0) is 29.2. The normalized spacial score (nSPS) is 22.6. The number of halogens is 1. The highest BCUT2D eigenvalue weighted by atomic mass is 19.1. The molecule has 1 unspecified atom stereocenters. The Hall–Kier alpha value is -3.47. The molecule has 218 valence electrons. The highest BCUT2D eigenvalue weighted by molar-refractivity contribution is 5.62. The van der Waals surface area contributed by atoms with Crippen LogP contribution in [0.15, 0.2) is 12.1 Å². The third kappa shape index (κ3) is 5.56. The summed E-state index contributed by atoms with van der Waals surface area (Å²) in [5.41, 5.74) is 9.91. The fourth-order valence-electron chi connectivity index (χ4n) is 6.78. The molecule has 1 aromatic carbocycles. The first-order valence-corrected chi connectivity index (χ1v) is 14.6. The van der Waals surface area contributed by atoms with Crippen LogP contribution in [0.25, 0.3) is 0 Å². The van der Waals surface area contributed by atoms with Gasteiger partial charge in [0.25, 0.3) is 0 Å². The summed E-state index contributed by atoms with van der Waals surface area (Å²) in [4.78, 5) is 14.1. The number of aryl methyl sites for hydroxylation is 1. The van der Waals surface area contributed by atoms with Gasteiger partial charge < -0.3 is 20.1 Å². The number of ether oxygens (including phenoxy) is 2. The van der Waals surface area contributed by atoms with Crippen molar-refractivity contribution in [2.24, 2.45) is 0 Å². The van der Waals surface area contributed by atoms with Crippen LogP contribution in [-0.4, -0.2) is 66.0 Å². The number of nitrogens with two attached hydrogens (primary N) is 1. The molecule has 2 N–H and O–H groups in total. The Morgan fingerprint density at radius 3 is 2.71 bits per heavy atom. The zero-order valence-corrected chi connectivity index (χ0v) is 24.4. The number of methoxy groups -OCH3 is 1. The Morgan fingerprint density at radius 1 is 1.22 bits per heavy atom. The molecule has 9 nitrogen and oxygen atoms in total. The number of benzene rings is 1. The summed E-state index contributed by atoms with van der Waals surface area (Å²) in [6.07, 6.45) is 5.75. The van der Waals surface area contributed by atoms with Crippen LogP contribution in [-0.2, 0) is 24.2 Å². The molecule has 0 amide bonds. The van der Waals surface area contributed by atoms with Crippen LogP contribution < -0.4 is 15.4 Å². The number of hydrogen-bond acceptors (Lipinski definition) is 9. The SMILES string of the molecule is CCCc1ccc(N)c(C#N)c1Cc1nc(OCC23CCCN2C[C@H](F)C3)nc(N(C)C2(CC#N)CC2)c1COC. The van der Waals surface area contributed by atoms with E-state index in [9.17, 15) is 14.9 Å². The molecule has 0 spiro atoms. The van der Waals surface area contributed by atoms with Crippen molar-refractivity contribution in [2.75, 3.05) is 44.5 Å². The number of hydrogen-bond donors (Lipinski definition) is 1. The molecule has 1 aromatic heterocycles. The number of anilines is 2. The molecule has 1 saturated carbocycles. The Labute approximate surface area is 242 Å². The van der Waals surface area contributed by atoms with Gasteiger partial charge in [0.1, 0.15) is 24.7 Å². The van der Waals surface area contributed by atoms with Crippen molar-refractivity contribution in [3.63, 3.8) is 0 Å². The van der Waals surface area contributed by atoms with Gasteiger partial charge in [-0.1, -0.05) is 19.4 Å². The van der Waals surface area contributed by atoms with Crippen LogP contribution in [0.5, 0.6) is 6.01 Å². The minimum Gasteiger partial charge on any atom is -0.461 e. The predicted molar refractivity (Wildman–Crippen MR) is 154 cm³/mol. The average Bonchev–Trinajstić information content (AvgIpc) is 3.53. The molecule has 0 bridgehead atoms. The van der Waals surface area contributed by atoms with Gasteiger partial charge in [0.05, 0.1) is 41.4 Å². The molecule has 3 fully saturated rings. The van der Waals surface area contributed by atoms with Gasteiger partial charge in [0.15, 0.2) is 0 Å². The number of nitrogen functional groups attached to an aromatic ring is 1. The molecule has 1 aliphatic carbocycles. The lowest BCUT2D eigenvalue weighted by molar-refractivity contribution is 0.107. The van der Waals surface area contributed by atoms with E-state index in [1.54, 1.807) is 13.2 Å². The van der Waals surface area contributed by atoms with Gasteiger partial charge in [-0.25, -0.2) is 4.39 Å². The highest BCUT2D eigenvalue weighted by Gasteiger charge is 2.50. The molecular weight excluding hydrogens is 521 g/mol. The minimum atomic E-state index is -0.855. The van der Waals surface area contributed by atoms with Gasteiger partial charge >= 0.3 is 6.01 Å². The summed E-state index contributed by atoms with van der Waals surface area (Å²) in [6, 6.07) is 8.65. The third-order valence-electron chi connectivity index (χ3n) is 9.25. The fourth-order valence-corrected chi connectivity index (χ4v) is 6.78. The van der Waals surface area contributed by atoms with Crippen molar-refractivity contribution in [3.8, 4) is 18.1 Å². The van der Waals surface area contributed by atoms with Crippen molar-refractivity contribution in [1.29, 1.82) is 10.5 Å². The Morgan fingerprint density at radius 2 is 2.02 bits per heavy atom. The number of fused-ring (bicyclic) bond motifs is 1. The summed E-state index contributed by atoms with van der Waals surface area (Å²) in [7, 11) is 3.59. The summed E-state index contributed by atoms with van der Waals surface area (Å²) < 4.78 is 26.4. The second-order valence-corrected chi connectivity index (χ2v) is 11.9. The number of nitriles is 2. The van der Waals surface area contributed by atoms with Crippen molar-refractivity contribution in [2.45, 2.75) is 88.6 Å². The molecule has 10 heteroatoms. The molecular formula is C31H40FN7O2. The van der Waals surface area contributed by atoms with Gasteiger partial charge in [-0.05, 0) is 55.8 Å². The second kappa shape index (κ2) is 11.8. The fraction of sp³-hybridized carbons (Fsp3) is 0.613. The van der Waals surface area contributed by atoms with Crippen molar-refractivity contribution in [1.82, 2.24) is 14.9 Å². The third-order valence-corrected chi connectivity index (χ3v) is 9.25. The monoisotopic (exact) mass is 561 g/mol. The Balaban J connectivity index is 1.59. The number of aromatic nitrogens is 2. The molecule has 3 aliphatic rings. The molecule has 5 rings (SSSR count). The standard InChI is InChI=1S/C31H40FN7O2/c1-4-6-21-7-8-26(35)24(17-34)23(21)15-27-25(19-40-3)28(38(2)30(10-11-30)12-13-33)37-29(36-27)41-20-31-9-5-14-39(31)18-22(32)16-31/h7-8,22H,4-6,9-12,14-16,18-20,35H2,1-3H3/t22-,31?/m1/s1. The lowest BCUT2D eigenvalue weighted by atomic mass is 9.92. The van der Waals surface area contributed by atoms with E-state index in [1.165, 1.54) is 0 Å². The molecule has 0 radical (unpaired) electrons. The van der Waals surface area contributed by atoms with Crippen LogP contribution >= 0.6 is 0 Å². The van der Waals surface area contributed by atoms with Crippen LogP contribution in [0.1, 0.15) is 79.8 Å². The van der Waals surface area contributed by atoms with Gasteiger partial charge in [-0.3, -0.25) is 4.90 Å². The molecule has 2 aliphatic heterocycles. The lowest BCUT2D eigenvalue weighted by Crippen LogP contribution is -2.43. The van der Waals surface area contributed by atoms with Crippen molar-refractivity contribution in [3.05, 3.63) is 40.1 Å². The highest BCUT2D eigenvalue weighted by Crippen LogP contribution is 2.47. The topological polar surface area (TPSA) is 124 Å². The second-order valence-electron chi connectivity index (χ2n) is 11.9. The first-order chi connectivity index (χ1) is 19.8. The summed E-state index contributed by atoms with van der Waals surface area (Å²) in [5.74, 6) is 0.662. The van der Waals surface area contributed by atoms with E-state index in [1.807, 2.05) is 13.1 Å². The van der Waals surface area contributed by atoms with Crippen molar-refractivity contribution >= 4 is 11.5 Å². The summed E-state index contributed by atoms with van der Waals surface area (Å²) in [5, 5.41) is 19.6. The number of nitrogens with zero attached hydrogens (tertiary/aromatic N) is 6. The van der Waals surface area contributed by atoms with E-state index >= 15 is 0 Å². The van der Waals surface area contributed by atoms with Crippen molar-refractivity contribution < 1.29 is 13.9 Å². The van der Waals surface area contributed by atoms with Gasteiger partial charge in [0.2, 0.25) is 0 Å². The smallest absolute Gasteiger partial charge is 0.318 e. The van der Waals surface area contributed by atoms with Crippen LogP contribution in [0.2, 0.25) is 0 Å². The predicted octanol–water partition coefficient (Wildman–Crippen LogP) is 4.46. The van der Waals surface area contributed by atoms with Crippen LogP contribution in [0.4, 0.5) is 15.9 Å². The maximum Gasteiger partial charge on any atom is 0.318 e. The number of alkyl halides is 1. The Bertz CT molecular complexity index is 1370. The van der Waals surface area contributed by atoms with Gasteiger partial charge in [0, 0.05) is 44.8 Å². The first kappa shape index (κ1) is 29.0. The maximum absolute atomic E-state index is 14.4. The summed E-state index contributed by atoms with van der Waals surface area (Å²) in [6.45, 7) is 3.99. The quantitative estimate of drug-likeness (QED) is 0.374. The Kier molecular flexibility index (Phi) is 8.35. The van der Waals surface area contributed by atoms with E-state index < -0.39 is 6.17 Å². The minimum absolute atomic E-state index is 0.220. The van der Waals surface area contributed by atoms with E-state index in [-0.39, 0.29) is 23.7 Å². The van der Waals surface area contributed by atoms with E-state index in [0.717, 1.165) is 61.8 Å². The van der Waals surface area contributed by atoms with E-state index in [2.05, 4.69) is 28.9 Å². The molecule has 2 aromatic rings. The molecule has 41 heavy (non-hydrogen) atoms. The molecule has 3 heterocycles. The van der Waals surface area contributed by atoms with E-state index in [0.29, 0.717) is 55.2 Å². The zero-order valence-electron chi connectivity index (χ0n) is 24.4. The van der Waals surface area contributed by atoms with E-state index in [4.69, 9.17) is 25.2 Å². The number of rotatable bonds is 12. The largest absolute Gasteiger partial charge is 0.461 e. The van der Waals surface area contributed by atoms with Crippen LogP contribution in [0.3, 0.4) is 0 Å². The van der Waals surface area contributed by atoms with Gasteiger partial charge in [-0.15, -0.1) is 0 Å². The van der Waals surface area contributed by atoms with Gasteiger partial charge in [-0.2, -0.15) is 20.5 Å². The lowest BCUT2D eigenvalue weighted by Gasteiger charge is -2.32.